The standard InChI is InChI=1S/C43H28BNO2/c1-25-11-2-7-18-35(25)45-36-24-40-39(46-37-19-8-9-20-38(37)47-40)23-31(36)32-21-27-13-4-6-15-29(27)42-33-22-26-12-3-5-14-28(26)30-16-10-17-34(41(30)33)44(45)43(32)42/h2-21,23-24,33H,22H2,1H3. The lowest BCUT2D eigenvalue weighted by molar-refractivity contribution is 0.360. The van der Waals surface area contributed by atoms with Gasteiger partial charge in [-0.25, -0.2) is 0 Å². The molecule has 1 atom stereocenters. The maximum atomic E-state index is 6.54. The van der Waals surface area contributed by atoms with Crippen molar-refractivity contribution in [2.45, 2.75) is 19.3 Å². The van der Waals surface area contributed by atoms with E-state index in [-0.39, 0.29) is 12.8 Å². The quantitative estimate of drug-likeness (QED) is 0.175. The Hall–Kier alpha value is -5.74. The largest absolute Gasteiger partial charge is 0.449 e. The molecule has 1 aliphatic carbocycles. The molecule has 0 saturated heterocycles. The number of rotatable bonds is 1. The van der Waals surface area contributed by atoms with Crippen LogP contribution < -0.4 is 25.2 Å². The molecule has 3 heterocycles. The van der Waals surface area contributed by atoms with Crippen molar-refractivity contribution in [1.82, 2.24) is 0 Å². The van der Waals surface area contributed by atoms with Gasteiger partial charge in [0.2, 0.25) is 0 Å². The zero-order valence-electron chi connectivity index (χ0n) is 25.8. The van der Waals surface area contributed by atoms with Crippen molar-refractivity contribution in [3.63, 3.8) is 0 Å². The van der Waals surface area contributed by atoms with Crippen molar-refractivity contribution in [3.05, 3.63) is 156 Å². The molecule has 0 saturated carbocycles. The zero-order chi connectivity index (χ0) is 30.8. The number of para-hydroxylation sites is 3. The van der Waals surface area contributed by atoms with Gasteiger partial charge in [-0.05, 0) is 104 Å². The molecule has 0 bridgehead atoms. The molecule has 0 radical (unpaired) electrons. The Labute approximate surface area is 273 Å². The van der Waals surface area contributed by atoms with Crippen molar-refractivity contribution in [2.75, 3.05) is 4.81 Å². The van der Waals surface area contributed by atoms with E-state index < -0.39 is 0 Å². The normalized spacial score (nSPS) is 15.7. The lowest BCUT2D eigenvalue weighted by Gasteiger charge is -2.47. The molecule has 11 rings (SSSR count). The average molecular weight is 602 g/mol. The number of anilines is 2. The molecule has 0 spiro atoms. The average Bonchev–Trinajstić information content (AvgIpc) is 3.11. The summed E-state index contributed by atoms with van der Waals surface area (Å²) in [5, 5.41) is 2.62. The Morgan fingerprint density at radius 3 is 2.17 bits per heavy atom. The van der Waals surface area contributed by atoms with Crippen molar-refractivity contribution >= 4 is 39.9 Å². The first kappa shape index (κ1) is 25.5. The van der Waals surface area contributed by atoms with Gasteiger partial charge in [0.25, 0.3) is 0 Å². The second-order valence-corrected chi connectivity index (χ2v) is 13.2. The molecule has 47 heavy (non-hydrogen) atoms. The molecular weight excluding hydrogens is 573 g/mol. The molecule has 0 amide bonds. The molecule has 3 nitrogen and oxygen atoms in total. The van der Waals surface area contributed by atoms with Gasteiger partial charge in [0.15, 0.2) is 23.0 Å². The van der Waals surface area contributed by atoms with Gasteiger partial charge in [0.1, 0.15) is 0 Å². The highest BCUT2D eigenvalue weighted by Gasteiger charge is 2.48. The number of ether oxygens (including phenoxy) is 2. The highest BCUT2D eigenvalue weighted by atomic mass is 16.6. The fourth-order valence-corrected chi connectivity index (χ4v) is 8.90. The van der Waals surface area contributed by atoms with E-state index in [4.69, 9.17) is 9.47 Å². The number of nitrogens with zero attached hydrogens (tertiary/aromatic N) is 1. The lowest BCUT2D eigenvalue weighted by Crippen LogP contribution is -2.62. The zero-order valence-corrected chi connectivity index (χ0v) is 25.8. The van der Waals surface area contributed by atoms with Crippen molar-refractivity contribution < 1.29 is 9.47 Å². The van der Waals surface area contributed by atoms with Gasteiger partial charge in [-0.3, -0.25) is 0 Å². The summed E-state index contributed by atoms with van der Waals surface area (Å²) in [5.41, 5.74) is 15.9. The van der Waals surface area contributed by atoms with Crippen molar-refractivity contribution in [1.29, 1.82) is 0 Å². The fraction of sp³-hybridized carbons (Fsp3) is 0.0698. The molecule has 7 aromatic rings. The summed E-state index contributed by atoms with van der Waals surface area (Å²) in [5.74, 6) is 3.23. The Kier molecular flexibility index (Phi) is 4.97. The molecule has 4 heteroatoms. The Bertz CT molecular complexity index is 2500. The molecule has 3 aliphatic heterocycles. The predicted octanol–water partition coefficient (Wildman–Crippen LogP) is 9.64. The van der Waals surface area contributed by atoms with E-state index >= 15 is 0 Å². The Morgan fingerprint density at radius 1 is 0.574 bits per heavy atom. The van der Waals surface area contributed by atoms with Crippen LogP contribution in [0, 0.1) is 6.92 Å². The number of hydrogen-bond acceptors (Lipinski definition) is 3. The van der Waals surface area contributed by atoms with Crippen LogP contribution in [0.3, 0.4) is 0 Å². The molecular formula is C43H28BNO2. The summed E-state index contributed by atoms with van der Waals surface area (Å²) in [6, 6.07) is 48.6. The summed E-state index contributed by atoms with van der Waals surface area (Å²) in [6.07, 6.45) is 0.989. The summed E-state index contributed by atoms with van der Waals surface area (Å²) in [4.78, 5) is 2.59. The number of fused-ring (bicyclic) bond motifs is 10. The maximum absolute atomic E-state index is 6.54. The van der Waals surface area contributed by atoms with Crippen molar-refractivity contribution in [3.8, 4) is 45.3 Å². The van der Waals surface area contributed by atoms with Gasteiger partial charge in [0, 0.05) is 28.9 Å². The Morgan fingerprint density at radius 2 is 1.30 bits per heavy atom. The van der Waals surface area contributed by atoms with E-state index in [1.54, 1.807) is 0 Å². The number of aryl methyl sites for hydroxylation is 1. The van der Waals surface area contributed by atoms with Crippen LogP contribution in [0.1, 0.15) is 28.2 Å². The first-order valence-electron chi connectivity index (χ1n) is 16.5. The van der Waals surface area contributed by atoms with Crippen LogP contribution in [-0.4, -0.2) is 6.85 Å². The van der Waals surface area contributed by atoms with Gasteiger partial charge < -0.3 is 14.3 Å². The molecule has 7 aromatic carbocycles. The topological polar surface area (TPSA) is 21.7 Å². The smallest absolute Gasteiger partial charge is 0.329 e. The molecule has 0 fully saturated rings. The van der Waals surface area contributed by atoms with Gasteiger partial charge >= 0.3 is 6.85 Å². The second-order valence-electron chi connectivity index (χ2n) is 13.2. The van der Waals surface area contributed by atoms with E-state index in [1.165, 1.54) is 71.9 Å². The van der Waals surface area contributed by atoms with Crippen molar-refractivity contribution in [2.24, 2.45) is 0 Å². The van der Waals surface area contributed by atoms with E-state index in [2.05, 4.69) is 121 Å². The monoisotopic (exact) mass is 601 g/mol. The van der Waals surface area contributed by atoms with Crippen LogP contribution in [0.25, 0.3) is 33.0 Å². The minimum absolute atomic E-state index is 0.00971. The summed E-state index contributed by atoms with van der Waals surface area (Å²) < 4.78 is 13.1. The van der Waals surface area contributed by atoms with Crippen LogP contribution in [0.5, 0.6) is 23.0 Å². The second kappa shape index (κ2) is 9.17. The van der Waals surface area contributed by atoms with E-state index in [1.807, 2.05) is 24.3 Å². The first-order valence-corrected chi connectivity index (χ1v) is 16.5. The van der Waals surface area contributed by atoms with E-state index in [0.29, 0.717) is 0 Å². The van der Waals surface area contributed by atoms with Gasteiger partial charge in [-0.2, -0.15) is 0 Å². The lowest BCUT2D eigenvalue weighted by atomic mass is 9.39. The third kappa shape index (κ3) is 3.37. The molecule has 4 aliphatic rings. The maximum Gasteiger partial charge on any atom is 0.329 e. The SMILES string of the molecule is Cc1ccccc1N1B2c3cccc4c3C(Cc3ccccc3-4)c3c2c(cc2ccccc32)-c2cc3c(cc21)Oc1ccccc1O3. The molecule has 0 N–H and O–H groups in total. The van der Waals surface area contributed by atoms with Gasteiger partial charge in [0.05, 0.1) is 0 Å². The highest BCUT2D eigenvalue weighted by molar-refractivity contribution is 6.92. The van der Waals surface area contributed by atoms with Crippen LogP contribution in [0.4, 0.5) is 11.4 Å². The minimum Gasteiger partial charge on any atom is -0.449 e. The summed E-state index contributed by atoms with van der Waals surface area (Å²) in [6.45, 7) is 2.21. The number of hydrogen-bond donors (Lipinski definition) is 0. The Balaban J connectivity index is 1.28. The van der Waals surface area contributed by atoms with Crippen LogP contribution in [-0.2, 0) is 6.42 Å². The summed E-state index contributed by atoms with van der Waals surface area (Å²) >= 11 is 0. The van der Waals surface area contributed by atoms with Gasteiger partial charge in [-0.1, -0.05) is 97.1 Å². The van der Waals surface area contributed by atoms with E-state index in [9.17, 15) is 0 Å². The first-order chi connectivity index (χ1) is 23.2. The molecule has 1 unspecified atom stereocenters. The van der Waals surface area contributed by atoms with E-state index in [0.717, 1.165) is 35.1 Å². The predicted molar refractivity (Wildman–Crippen MR) is 192 cm³/mol. The van der Waals surface area contributed by atoms with Crippen LogP contribution in [0.2, 0.25) is 0 Å². The third-order valence-electron chi connectivity index (χ3n) is 10.8. The van der Waals surface area contributed by atoms with Crippen LogP contribution >= 0.6 is 0 Å². The highest BCUT2D eigenvalue weighted by Crippen LogP contribution is 2.54. The third-order valence-corrected chi connectivity index (χ3v) is 10.8. The molecule has 220 valence electrons. The minimum atomic E-state index is -0.00971. The van der Waals surface area contributed by atoms with Crippen LogP contribution in [0.15, 0.2) is 133 Å². The van der Waals surface area contributed by atoms with Gasteiger partial charge in [-0.15, -0.1) is 0 Å². The molecule has 0 aromatic heterocycles. The number of benzene rings is 7. The summed E-state index contributed by atoms with van der Waals surface area (Å²) in [7, 11) is 0. The fourth-order valence-electron chi connectivity index (χ4n) is 8.90.